The monoisotopic (exact) mass is 354 g/mol. The molecule has 0 aliphatic heterocycles. The van der Waals surface area contributed by atoms with Crippen molar-refractivity contribution in [2.45, 2.75) is 79.1 Å². The average molecular weight is 355 g/mol. The average Bonchev–Trinajstić information content (AvgIpc) is 2.58. The van der Waals surface area contributed by atoms with Crippen LogP contribution in [0.4, 0.5) is 0 Å². The molecule has 0 aliphatic carbocycles. The molecule has 0 bridgehead atoms. The second-order valence-electron chi connectivity index (χ2n) is 8.30. The Morgan fingerprint density at radius 2 is 0.846 bits per heavy atom. The Kier molecular flexibility index (Phi) is 6.75. The highest BCUT2D eigenvalue weighted by Crippen LogP contribution is 2.37. The first-order valence-corrected chi connectivity index (χ1v) is 9.84. The fourth-order valence-corrected chi connectivity index (χ4v) is 3.60. The summed E-state index contributed by atoms with van der Waals surface area (Å²) in [6.07, 6.45) is 0. The predicted molar refractivity (Wildman–Crippen MR) is 110 cm³/mol. The minimum Gasteiger partial charge on any atom is -0.290 e. The van der Waals surface area contributed by atoms with Gasteiger partial charge >= 0.3 is 0 Å². The smallest absolute Gasteiger partial charge is 0.182 e. The van der Waals surface area contributed by atoms with E-state index in [1.165, 1.54) is 22.3 Å². The Labute approximate surface area is 159 Å². The van der Waals surface area contributed by atoms with Crippen LogP contribution in [-0.4, -0.2) is 0 Å². The van der Waals surface area contributed by atoms with E-state index in [-0.39, 0.29) is 0 Å². The van der Waals surface area contributed by atoms with Crippen LogP contribution in [0.15, 0.2) is 36.4 Å². The molecule has 0 N–H and O–H groups in total. The maximum absolute atomic E-state index is 5.90. The van der Waals surface area contributed by atoms with Crippen molar-refractivity contribution < 1.29 is 9.78 Å². The largest absolute Gasteiger partial charge is 0.290 e. The number of hydrogen-bond donors (Lipinski definition) is 0. The quantitative estimate of drug-likeness (QED) is 0.377. The third kappa shape index (κ3) is 4.41. The highest BCUT2D eigenvalue weighted by Gasteiger charge is 2.19. The van der Waals surface area contributed by atoms with Crippen molar-refractivity contribution in [3.8, 4) is 11.5 Å². The van der Waals surface area contributed by atoms with Crippen LogP contribution < -0.4 is 9.78 Å². The summed E-state index contributed by atoms with van der Waals surface area (Å²) in [7, 11) is 0. The third-order valence-electron chi connectivity index (χ3n) is 4.82. The van der Waals surface area contributed by atoms with Gasteiger partial charge in [-0.2, -0.15) is 0 Å². The van der Waals surface area contributed by atoms with E-state index in [4.69, 9.17) is 9.78 Å². The van der Waals surface area contributed by atoms with Crippen molar-refractivity contribution in [3.05, 3.63) is 58.7 Å². The van der Waals surface area contributed by atoms with Crippen LogP contribution in [0.5, 0.6) is 11.5 Å². The van der Waals surface area contributed by atoms with Gasteiger partial charge in [0.15, 0.2) is 11.5 Å². The van der Waals surface area contributed by atoms with Crippen molar-refractivity contribution in [3.63, 3.8) is 0 Å². The molecule has 0 radical (unpaired) electrons. The molecule has 0 saturated heterocycles. The van der Waals surface area contributed by atoms with Crippen LogP contribution in [-0.2, 0) is 0 Å². The van der Waals surface area contributed by atoms with Gasteiger partial charge in [-0.3, -0.25) is 9.78 Å². The normalized spacial score (nSPS) is 11.7. The lowest BCUT2D eigenvalue weighted by Crippen LogP contribution is -2.10. The molecule has 2 heteroatoms. The van der Waals surface area contributed by atoms with E-state index < -0.39 is 0 Å². The molecule has 2 aromatic rings. The molecule has 2 aromatic carbocycles. The Morgan fingerprint density at radius 1 is 0.500 bits per heavy atom. The molecule has 0 amide bonds. The predicted octanol–water partition coefficient (Wildman–Crippen LogP) is 7.55. The summed E-state index contributed by atoms with van der Waals surface area (Å²) in [5.74, 6) is 3.28. The van der Waals surface area contributed by atoms with Crippen LogP contribution in [0.1, 0.15) is 101 Å². The summed E-state index contributed by atoms with van der Waals surface area (Å²) in [5, 5.41) is 0. The van der Waals surface area contributed by atoms with Gasteiger partial charge in [0.2, 0.25) is 0 Å². The van der Waals surface area contributed by atoms with Crippen LogP contribution in [0, 0.1) is 0 Å². The number of hydrogen-bond acceptors (Lipinski definition) is 2. The van der Waals surface area contributed by atoms with E-state index in [2.05, 4.69) is 67.5 Å². The molecule has 0 atom stereocenters. The van der Waals surface area contributed by atoms with Crippen molar-refractivity contribution in [1.82, 2.24) is 0 Å². The molecular weight excluding hydrogens is 320 g/mol. The van der Waals surface area contributed by atoms with E-state index in [9.17, 15) is 0 Å². The van der Waals surface area contributed by atoms with Gasteiger partial charge in [0.1, 0.15) is 0 Å². The molecule has 0 aliphatic rings. The van der Waals surface area contributed by atoms with E-state index in [0.717, 1.165) is 11.5 Å². The number of rotatable bonds is 7. The lowest BCUT2D eigenvalue weighted by molar-refractivity contribution is -0.102. The van der Waals surface area contributed by atoms with Crippen LogP contribution >= 0.6 is 0 Å². The SMILES string of the molecule is CC(C)c1cccc(OOc2cccc(C(C)C)c2C(C)C)c1C(C)C. The summed E-state index contributed by atoms with van der Waals surface area (Å²) < 4.78 is 0. The van der Waals surface area contributed by atoms with Gasteiger partial charge in [0.05, 0.1) is 0 Å². The molecule has 0 unspecified atom stereocenters. The molecule has 0 aromatic heterocycles. The summed E-state index contributed by atoms with van der Waals surface area (Å²) in [6.45, 7) is 17.7. The van der Waals surface area contributed by atoms with Gasteiger partial charge in [-0.1, -0.05) is 79.7 Å². The van der Waals surface area contributed by atoms with E-state index in [1.807, 2.05) is 24.3 Å². The minimum atomic E-state index is 0.374. The molecule has 26 heavy (non-hydrogen) atoms. The van der Waals surface area contributed by atoms with Gasteiger partial charge in [-0.05, 0) is 46.9 Å². The van der Waals surface area contributed by atoms with E-state index >= 15 is 0 Å². The summed E-state index contributed by atoms with van der Waals surface area (Å²) in [5.41, 5.74) is 5.10. The Hall–Kier alpha value is -1.96. The van der Waals surface area contributed by atoms with Crippen LogP contribution in [0.3, 0.4) is 0 Å². The second-order valence-corrected chi connectivity index (χ2v) is 8.30. The van der Waals surface area contributed by atoms with Crippen LogP contribution in [0.2, 0.25) is 0 Å². The minimum absolute atomic E-state index is 0.374. The van der Waals surface area contributed by atoms with Crippen molar-refractivity contribution >= 4 is 0 Å². The third-order valence-corrected chi connectivity index (χ3v) is 4.82. The zero-order valence-electron chi connectivity index (χ0n) is 17.6. The van der Waals surface area contributed by atoms with Crippen LogP contribution in [0.25, 0.3) is 0 Å². The molecule has 0 spiro atoms. The fraction of sp³-hybridized carbons (Fsp3) is 0.500. The first-order chi connectivity index (χ1) is 12.2. The van der Waals surface area contributed by atoms with Crippen molar-refractivity contribution in [1.29, 1.82) is 0 Å². The van der Waals surface area contributed by atoms with Gasteiger partial charge in [0.25, 0.3) is 0 Å². The molecule has 0 saturated carbocycles. The Morgan fingerprint density at radius 3 is 1.12 bits per heavy atom. The first-order valence-electron chi connectivity index (χ1n) is 9.84. The van der Waals surface area contributed by atoms with Gasteiger partial charge in [-0.25, -0.2) is 0 Å². The van der Waals surface area contributed by atoms with Gasteiger partial charge < -0.3 is 0 Å². The Balaban J connectivity index is 2.38. The zero-order valence-corrected chi connectivity index (χ0v) is 17.6. The Bertz CT molecular complexity index is 663. The molecule has 142 valence electrons. The molecule has 2 rings (SSSR count). The maximum Gasteiger partial charge on any atom is 0.182 e. The van der Waals surface area contributed by atoms with E-state index in [1.54, 1.807) is 0 Å². The standard InChI is InChI=1S/C24H34O2/c1-15(2)19-11-9-13-21(23(19)17(5)6)25-26-22-14-10-12-20(16(3)4)24(22)18(7)8/h9-18H,1-8H3. The highest BCUT2D eigenvalue weighted by molar-refractivity contribution is 5.45. The molecule has 0 fully saturated rings. The topological polar surface area (TPSA) is 18.5 Å². The van der Waals surface area contributed by atoms with Gasteiger partial charge in [0, 0.05) is 11.1 Å². The fourth-order valence-electron chi connectivity index (χ4n) is 3.60. The second kappa shape index (κ2) is 8.62. The highest BCUT2D eigenvalue weighted by atomic mass is 17.2. The van der Waals surface area contributed by atoms with Crippen molar-refractivity contribution in [2.75, 3.05) is 0 Å². The number of benzene rings is 2. The van der Waals surface area contributed by atoms with Crippen molar-refractivity contribution in [2.24, 2.45) is 0 Å². The summed E-state index contributed by atoms with van der Waals surface area (Å²) in [6, 6.07) is 12.5. The lowest BCUT2D eigenvalue weighted by atomic mass is 9.90. The first kappa shape index (κ1) is 20.4. The molecule has 0 heterocycles. The molecular formula is C24H34O2. The summed E-state index contributed by atoms with van der Waals surface area (Å²) in [4.78, 5) is 11.8. The van der Waals surface area contributed by atoms with Gasteiger partial charge in [-0.15, -0.1) is 0 Å². The summed E-state index contributed by atoms with van der Waals surface area (Å²) >= 11 is 0. The molecule has 2 nitrogen and oxygen atoms in total. The van der Waals surface area contributed by atoms with E-state index in [0.29, 0.717) is 23.7 Å². The maximum atomic E-state index is 5.90. The lowest BCUT2D eigenvalue weighted by Gasteiger charge is -2.22. The zero-order chi connectivity index (χ0) is 19.4.